The largest absolute Gasteiger partial charge is 0.361 e. The summed E-state index contributed by atoms with van der Waals surface area (Å²) in [6.45, 7) is 4.16. The van der Waals surface area contributed by atoms with Crippen LogP contribution in [0.1, 0.15) is 22.2 Å². The van der Waals surface area contributed by atoms with Crippen molar-refractivity contribution in [3.8, 4) is 0 Å². The van der Waals surface area contributed by atoms with Crippen LogP contribution < -0.4 is 5.32 Å². The average Bonchev–Trinajstić information content (AvgIpc) is 3.06. The van der Waals surface area contributed by atoms with Crippen LogP contribution in [0.5, 0.6) is 0 Å². The number of fused-ring (bicyclic) bond motifs is 1. The van der Waals surface area contributed by atoms with E-state index in [0.29, 0.717) is 6.42 Å². The van der Waals surface area contributed by atoms with Crippen molar-refractivity contribution in [1.82, 2.24) is 10.3 Å². The zero-order valence-corrected chi connectivity index (χ0v) is 13.7. The molecule has 1 amide bonds. The van der Waals surface area contributed by atoms with E-state index in [4.69, 9.17) is 0 Å². The van der Waals surface area contributed by atoms with Gasteiger partial charge in [0.1, 0.15) is 0 Å². The number of carbonyl (C=O) groups excluding carboxylic acids is 1. The summed E-state index contributed by atoms with van der Waals surface area (Å²) in [7, 11) is 0. The molecule has 0 aliphatic carbocycles. The molecule has 22 heavy (non-hydrogen) atoms. The highest BCUT2D eigenvalue weighted by molar-refractivity contribution is 7.11. The number of H-pyrrole nitrogens is 1. The van der Waals surface area contributed by atoms with Gasteiger partial charge >= 0.3 is 0 Å². The minimum Gasteiger partial charge on any atom is -0.361 e. The predicted octanol–water partition coefficient (Wildman–Crippen LogP) is 3.83. The molecule has 0 aliphatic rings. The predicted molar refractivity (Wildman–Crippen MR) is 92.4 cm³/mol. The van der Waals surface area contributed by atoms with E-state index in [1.807, 2.05) is 30.5 Å². The van der Waals surface area contributed by atoms with Gasteiger partial charge < -0.3 is 10.3 Å². The summed E-state index contributed by atoms with van der Waals surface area (Å²) in [4.78, 5) is 18.1. The highest BCUT2D eigenvalue weighted by Gasteiger charge is 2.12. The van der Waals surface area contributed by atoms with Gasteiger partial charge in [0.2, 0.25) is 5.91 Å². The van der Waals surface area contributed by atoms with Crippen molar-refractivity contribution in [3.05, 3.63) is 57.9 Å². The monoisotopic (exact) mass is 312 g/mol. The minimum absolute atomic E-state index is 0.0746. The van der Waals surface area contributed by atoms with Gasteiger partial charge in [0.25, 0.3) is 0 Å². The first-order chi connectivity index (χ1) is 10.6. The number of nitrogens with one attached hydrogen (secondary N) is 2. The van der Waals surface area contributed by atoms with Gasteiger partial charge in [-0.15, -0.1) is 11.3 Å². The van der Waals surface area contributed by atoms with Crippen molar-refractivity contribution in [2.24, 2.45) is 0 Å². The number of para-hydroxylation sites is 1. The molecule has 2 heterocycles. The second-order valence-corrected chi connectivity index (χ2v) is 7.09. The lowest BCUT2D eigenvalue weighted by Crippen LogP contribution is -2.34. The maximum atomic E-state index is 12.2. The molecule has 0 saturated carbocycles. The standard InChI is InChI=1S/C18H20N2OS/c1-12(9-15-8-7-13(2)22-15)20-18(21)10-14-11-19-17-6-4-3-5-16(14)17/h3-8,11-12,19H,9-10H2,1-2H3,(H,20,21). The van der Waals surface area contributed by atoms with Crippen molar-refractivity contribution in [3.63, 3.8) is 0 Å². The Morgan fingerprint density at radius 2 is 2.09 bits per heavy atom. The minimum atomic E-state index is 0.0746. The number of hydrogen-bond acceptors (Lipinski definition) is 2. The molecule has 0 fully saturated rings. The summed E-state index contributed by atoms with van der Waals surface area (Å²) in [5.41, 5.74) is 2.12. The number of benzene rings is 1. The topological polar surface area (TPSA) is 44.9 Å². The lowest BCUT2D eigenvalue weighted by molar-refractivity contribution is -0.121. The van der Waals surface area contributed by atoms with Gasteiger partial charge in [-0.1, -0.05) is 18.2 Å². The van der Waals surface area contributed by atoms with E-state index in [2.05, 4.69) is 36.3 Å². The Morgan fingerprint density at radius 1 is 1.27 bits per heavy atom. The Morgan fingerprint density at radius 3 is 2.86 bits per heavy atom. The molecule has 0 saturated heterocycles. The highest BCUT2D eigenvalue weighted by Crippen LogP contribution is 2.19. The molecule has 0 bridgehead atoms. The molecule has 3 rings (SSSR count). The van der Waals surface area contributed by atoms with Gasteiger partial charge in [0.05, 0.1) is 6.42 Å². The van der Waals surface area contributed by atoms with Crippen LogP contribution in [0, 0.1) is 6.92 Å². The van der Waals surface area contributed by atoms with Gasteiger partial charge in [-0.3, -0.25) is 4.79 Å². The summed E-state index contributed by atoms with van der Waals surface area (Å²) in [6.07, 6.45) is 3.23. The molecule has 2 aromatic heterocycles. The van der Waals surface area contributed by atoms with Gasteiger partial charge in [-0.2, -0.15) is 0 Å². The van der Waals surface area contributed by atoms with E-state index in [0.717, 1.165) is 22.9 Å². The van der Waals surface area contributed by atoms with Gasteiger partial charge in [-0.05, 0) is 37.6 Å². The fourth-order valence-electron chi connectivity index (χ4n) is 2.72. The lowest BCUT2D eigenvalue weighted by Gasteiger charge is -2.12. The lowest BCUT2D eigenvalue weighted by atomic mass is 10.1. The van der Waals surface area contributed by atoms with Crippen molar-refractivity contribution in [2.75, 3.05) is 0 Å². The smallest absolute Gasteiger partial charge is 0.224 e. The first kappa shape index (κ1) is 14.9. The zero-order chi connectivity index (χ0) is 15.5. The number of thiophene rings is 1. The van der Waals surface area contributed by atoms with Crippen LogP contribution in [-0.2, 0) is 17.6 Å². The second-order valence-electron chi connectivity index (χ2n) is 5.72. The molecular formula is C18H20N2OS. The maximum absolute atomic E-state index is 12.2. The number of aromatic amines is 1. The third kappa shape index (κ3) is 3.39. The normalized spacial score (nSPS) is 12.5. The van der Waals surface area contributed by atoms with Crippen molar-refractivity contribution >= 4 is 28.1 Å². The van der Waals surface area contributed by atoms with Crippen LogP contribution in [0.2, 0.25) is 0 Å². The molecule has 4 heteroatoms. The van der Waals surface area contributed by atoms with E-state index < -0.39 is 0 Å². The number of hydrogen-bond donors (Lipinski definition) is 2. The van der Waals surface area contributed by atoms with Crippen LogP contribution in [0.4, 0.5) is 0 Å². The van der Waals surface area contributed by atoms with Crippen LogP contribution in [0.3, 0.4) is 0 Å². The Labute approximate surface area is 134 Å². The summed E-state index contributed by atoms with van der Waals surface area (Å²) >= 11 is 1.79. The van der Waals surface area contributed by atoms with E-state index in [1.165, 1.54) is 9.75 Å². The van der Waals surface area contributed by atoms with Gasteiger partial charge in [-0.25, -0.2) is 0 Å². The first-order valence-electron chi connectivity index (χ1n) is 7.51. The molecule has 3 aromatic rings. The SMILES string of the molecule is Cc1ccc(CC(C)NC(=O)Cc2c[nH]c3ccccc23)s1. The molecule has 0 aliphatic heterocycles. The number of amides is 1. The second kappa shape index (κ2) is 6.36. The van der Waals surface area contributed by atoms with Crippen LogP contribution in [0.25, 0.3) is 10.9 Å². The number of rotatable bonds is 5. The Balaban J connectivity index is 1.60. The molecule has 114 valence electrons. The van der Waals surface area contributed by atoms with E-state index in [-0.39, 0.29) is 11.9 Å². The highest BCUT2D eigenvalue weighted by atomic mass is 32.1. The van der Waals surface area contributed by atoms with Crippen molar-refractivity contribution in [1.29, 1.82) is 0 Å². The van der Waals surface area contributed by atoms with Crippen LogP contribution in [0.15, 0.2) is 42.6 Å². The average molecular weight is 312 g/mol. The molecule has 1 unspecified atom stereocenters. The Hall–Kier alpha value is -2.07. The molecular weight excluding hydrogens is 292 g/mol. The van der Waals surface area contributed by atoms with E-state index >= 15 is 0 Å². The van der Waals surface area contributed by atoms with E-state index in [1.54, 1.807) is 11.3 Å². The quantitative estimate of drug-likeness (QED) is 0.739. The number of carbonyl (C=O) groups is 1. The first-order valence-corrected chi connectivity index (χ1v) is 8.33. The summed E-state index contributed by atoms with van der Waals surface area (Å²) in [5.74, 6) is 0.0746. The fraction of sp³-hybridized carbons (Fsp3) is 0.278. The summed E-state index contributed by atoms with van der Waals surface area (Å²) in [5, 5.41) is 4.22. The molecule has 0 spiro atoms. The number of aryl methyl sites for hydroxylation is 1. The third-order valence-electron chi connectivity index (χ3n) is 3.74. The summed E-state index contributed by atoms with van der Waals surface area (Å²) in [6, 6.07) is 12.5. The zero-order valence-electron chi connectivity index (χ0n) is 12.8. The van der Waals surface area contributed by atoms with Crippen molar-refractivity contribution < 1.29 is 4.79 Å². The van der Waals surface area contributed by atoms with Gasteiger partial charge in [0, 0.05) is 39.3 Å². The van der Waals surface area contributed by atoms with Gasteiger partial charge in [0.15, 0.2) is 0 Å². The number of aromatic nitrogens is 1. The summed E-state index contributed by atoms with van der Waals surface area (Å²) < 4.78 is 0. The molecule has 1 atom stereocenters. The van der Waals surface area contributed by atoms with Crippen LogP contribution in [-0.4, -0.2) is 16.9 Å². The Kier molecular flexibility index (Phi) is 4.29. The third-order valence-corrected chi connectivity index (χ3v) is 4.76. The Bertz CT molecular complexity index is 787. The molecule has 2 N–H and O–H groups in total. The molecule has 3 nitrogen and oxygen atoms in total. The van der Waals surface area contributed by atoms with Crippen molar-refractivity contribution in [2.45, 2.75) is 32.7 Å². The molecule has 1 aromatic carbocycles. The van der Waals surface area contributed by atoms with E-state index in [9.17, 15) is 4.79 Å². The maximum Gasteiger partial charge on any atom is 0.224 e. The molecule has 0 radical (unpaired) electrons. The van der Waals surface area contributed by atoms with Crippen LogP contribution >= 0.6 is 11.3 Å². The fourth-order valence-corrected chi connectivity index (χ4v) is 3.74.